The monoisotopic (exact) mass is 387 g/mol. The number of halogens is 3. The molecular weight excluding hydrogens is 381 g/mol. The maximum Gasteiger partial charge on any atom is 0.258 e. The molecule has 1 aromatic heterocycles. The highest BCUT2D eigenvalue weighted by atomic mass is 79.9. The summed E-state index contributed by atoms with van der Waals surface area (Å²) in [4.78, 5) is 16.1. The molecule has 4 nitrogen and oxygen atoms in total. The van der Waals surface area contributed by atoms with Gasteiger partial charge in [0.2, 0.25) is 0 Å². The van der Waals surface area contributed by atoms with Gasteiger partial charge in [0.25, 0.3) is 5.91 Å². The van der Waals surface area contributed by atoms with Gasteiger partial charge in [0, 0.05) is 10.7 Å². The minimum absolute atomic E-state index is 0.0894. The molecule has 19 heavy (non-hydrogen) atoms. The van der Waals surface area contributed by atoms with Crippen molar-refractivity contribution >= 4 is 49.3 Å². The van der Waals surface area contributed by atoms with Gasteiger partial charge < -0.3 is 11.1 Å². The third-order valence-corrected chi connectivity index (χ3v) is 3.62. The van der Waals surface area contributed by atoms with E-state index in [1.807, 2.05) is 0 Å². The number of hydrogen-bond donors (Lipinski definition) is 2. The predicted molar refractivity (Wildman–Crippen MR) is 78.4 cm³/mol. The van der Waals surface area contributed by atoms with Crippen LogP contribution in [-0.2, 0) is 0 Å². The second-order valence-corrected chi connectivity index (χ2v) is 5.35. The number of aromatic nitrogens is 1. The number of carbonyl (C=O) groups excluding carboxylic acids is 1. The van der Waals surface area contributed by atoms with Crippen molar-refractivity contribution in [3.63, 3.8) is 0 Å². The molecule has 0 aliphatic carbocycles. The van der Waals surface area contributed by atoms with Gasteiger partial charge in [0.05, 0.1) is 15.7 Å². The normalized spacial score (nSPS) is 10.3. The Labute approximate surface area is 125 Å². The van der Waals surface area contributed by atoms with Crippen molar-refractivity contribution in [2.24, 2.45) is 0 Å². The highest BCUT2D eigenvalue weighted by Crippen LogP contribution is 2.25. The highest BCUT2D eigenvalue weighted by molar-refractivity contribution is 9.11. The summed E-state index contributed by atoms with van der Waals surface area (Å²) in [5.41, 5.74) is 5.59. The minimum atomic E-state index is -0.581. The van der Waals surface area contributed by atoms with Crippen molar-refractivity contribution in [2.75, 3.05) is 11.1 Å². The second kappa shape index (κ2) is 5.66. The molecule has 0 aliphatic heterocycles. The topological polar surface area (TPSA) is 68.0 Å². The first-order valence-electron chi connectivity index (χ1n) is 5.15. The maximum atomic E-state index is 13.2. The number of carbonyl (C=O) groups is 1. The van der Waals surface area contributed by atoms with Crippen molar-refractivity contribution < 1.29 is 9.18 Å². The van der Waals surface area contributed by atoms with Crippen LogP contribution in [0.2, 0.25) is 0 Å². The molecule has 0 aliphatic rings. The van der Waals surface area contributed by atoms with Crippen LogP contribution in [0.25, 0.3) is 0 Å². The van der Waals surface area contributed by atoms with E-state index in [1.54, 1.807) is 18.3 Å². The molecule has 0 atom stereocenters. The zero-order chi connectivity index (χ0) is 14.0. The van der Waals surface area contributed by atoms with Gasteiger partial charge in [-0.1, -0.05) is 0 Å². The van der Waals surface area contributed by atoms with E-state index in [9.17, 15) is 9.18 Å². The molecule has 0 saturated carbocycles. The number of pyridine rings is 1. The molecular formula is C12H8Br2FN3O. The molecule has 98 valence electrons. The lowest BCUT2D eigenvalue weighted by Gasteiger charge is -2.08. The van der Waals surface area contributed by atoms with Crippen molar-refractivity contribution in [3.8, 4) is 0 Å². The van der Waals surface area contributed by atoms with Gasteiger partial charge in [-0.3, -0.25) is 4.79 Å². The largest absolute Gasteiger partial charge is 0.396 e. The van der Waals surface area contributed by atoms with E-state index in [0.717, 1.165) is 6.07 Å². The Morgan fingerprint density at radius 3 is 2.74 bits per heavy atom. The number of nitrogens with one attached hydrogen (secondary N) is 1. The Bertz CT molecular complexity index is 649. The van der Waals surface area contributed by atoms with Crippen molar-refractivity contribution in [1.29, 1.82) is 0 Å². The molecule has 0 spiro atoms. The van der Waals surface area contributed by atoms with Gasteiger partial charge in [0.15, 0.2) is 0 Å². The van der Waals surface area contributed by atoms with E-state index in [2.05, 4.69) is 42.2 Å². The lowest BCUT2D eigenvalue weighted by atomic mass is 10.2. The third-order valence-electron chi connectivity index (χ3n) is 2.32. The van der Waals surface area contributed by atoms with Gasteiger partial charge in [-0.05, 0) is 56.1 Å². The smallest absolute Gasteiger partial charge is 0.258 e. The summed E-state index contributed by atoms with van der Waals surface area (Å²) >= 11 is 6.39. The second-order valence-electron chi connectivity index (χ2n) is 3.64. The zero-order valence-corrected chi connectivity index (χ0v) is 12.6. The van der Waals surface area contributed by atoms with E-state index in [1.165, 1.54) is 6.07 Å². The van der Waals surface area contributed by atoms with Crippen LogP contribution in [0.4, 0.5) is 15.9 Å². The molecule has 7 heteroatoms. The number of nitrogens with zero attached hydrogens (tertiary/aromatic N) is 1. The fourth-order valence-corrected chi connectivity index (χ4v) is 2.24. The van der Waals surface area contributed by atoms with Gasteiger partial charge in [-0.25, -0.2) is 9.37 Å². The quantitative estimate of drug-likeness (QED) is 0.772. The van der Waals surface area contributed by atoms with Crippen LogP contribution in [0, 0.1) is 5.82 Å². The summed E-state index contributed by atoms with van der Waals surface area (Å²) in [7, 11) is 0. The number of rotatable bonds is 2. The molecule has 2 aromatic rings. The summed E-state index contributed by atoms with van der Waals surface area (Å²) in [6.45, 7) is 0. The fraction of sp³-hybridized carbons (Fsp3) is 0. The van der Waals surface area contributed by atoms with Crippen molar-refractivity contribution in [2.45, 2.75) is 0 Å². The summed E-state index contributed by atoms with van der Waals surface area (Å²) in [5, 5.41) is 2.61. The summed E-state index contributed by atoms with van der Waals surface area (Å²) in [6, 6.07) is 5.89. The number of nitrogen functional groups attached to an aromatic ring is 1. The first kappa shape index (κ1) is 14.0. The number of nitrogens with two attached hydrogens (primary N) is 1. The molecule has 0 bridgehead atoms. The Morgan fingerprint density at radius 1 is 1.32 bits per heavy atom. The summed E-state index contributed by atoms with van der Waals surface area (Å²) < 4.78 is 14.2. The van der Waals surface area contributed by atoms with Crippen LogP contribution in [0.15, 0.2) is 39.4 Å². The first-order valence-corrected chi connectivity index (χ1v) is 6.74. The molecule has 1 amide bonds. The minimum Gasteiger partial charge on any atom is -0.396 e. The van der Waals surface area contributed by atoms with Crippen LogP contribution < -0.4 is 11.1 Å². The zero-order valence-electron chi connectivity index (χ0n) is 9.45. The standard InChI is InChI=1S/C12H8Br2FN3O/c13-7-2-1-3-17-11(7)18-12(19)6-4-10(16)9(15)5-8(6)14/h1-5H,16H2,(H,17,18,19). The lowest BCUT2D eigenvalue weighted by molar-refractivity contribution is 0.102. The molecule has 0 unspecified atom stereocenters. The van der Waals surface area contributed by atoms with Gasteiger partial charge in [-0.15, -0.1) is 0 Å². The van der Waals surface area contributed by atoms with Crippen molar-refractivity contribution in [3.05, 3.63) is 50.8 Å². The van der Waals surface area contributed by atoms with E-state index in [0.29, 0.717) is 14.8 Å². The average Bonchev–Trinajstić information content (AvgIpc) is 2.36. The number of hydrogen-bond acceptors (Lipinski definition) is 3. The van der Waals surface area contributed by atoms with E-state index in [-0.39, 0.29) is 11.3 Å². The maximum absolute atomic E-state index is 13.2. The molecule has 1 heterocycles. The van der Waals surface area contributed by atoms with Crippen LogP contribution >= 0.6 is 31.9 Å². The Morgan fingerprint density at radius 2 is 2.05 bits per heavy atom. The SMILES string of the molecule is Nc1cc(C(=O)Nc2ncccc2Br)c(Br)cc1F. The average molecular weight is 389 g/mol. The van der Waals surface area contributed by atoms with Gasteiger partial charge in [0.1, 0.15) is 11.6 Å². The molecule has 0 radical (unpaired) electrons. The number of amides is 1. The third kappa shape index (κ3) is 3.10. The Kier molecular flexibility index (Phi) is 4.16. The van der Waals surface area contributed by atoms with Crippen LogP contribution in [0.1, 0.15) is 10.4 Å². The molecule has 0 saturated heterocycles. The molecule has 0 fully saturated rings. The highest BCUT2D eigenvalue weighted by Gasteiger charge is 2.14. The Hall–Kier alpha value is -1.47. The predicted octanol–water partition coefficient (Wildman–Crippen LogP) is 3.58. The molecule has 2 rings (SSSR count). The van der Waals surface area contributed by atoms with E-state index < -0.39 is 11.7 Å². The number of benzene rings is 1. The summed E-state index contributed by atoms with van der Waals surface area (Å²) in [6.07, 6.45) is 1.55. The molecule has 1 aromatic carbocycles. The van der Waals surface area contributed by atoms with Gasteiger partial charge in [-0.2, -0.15) is 0 Å². The lowest BCUT2D eigenvalue weighted by Crippen LogP contribution is -2.14. The van der Waals surface area contributed by atoms with E-state index in [4.69, 9.17) is 5.73 Å². The van der Waals surface area contributed by atoms with E-state index >= 15 is 0 Å². The fourth-order valence-electron chi connectivity index (χ4n) is 1.39. The van der Waals surface area contributed by atoms with Crippen LogP contribution in [0.3, 0.4) is 0 Å². The Balaban J connectivity index is 2.31. The first-order chi connectivity index (χ1) is 8.99. The molecule has 3 N–H and O–H groups in total. The van der Waals surface area contributed by atoms with Crippen LogP contribution in [-0.4, -0.2) is 10.9 Å². The van der Waals surface area contributed by atoms with Crippen LogP contribution in [0.5, 0.6) is 0 Å². The van der Waals surface area contributed by atoms with Crippen molar-refractivity contribution in [1.82, 2.24) is 4.98 Å². The number of anilines is 2. The van der Waals surface area contributed by atoms with Gasteiger partial charge >= 0.3 is 0 Å². The summed E-state index contributed by atoms with van der Waals surface area (Å²) in [5.74, 6) is -0.636.